The molecule has 4 heterocycles. The van der Waals surface area contributed by atoms with Gasteiger partial charge in [-0.3, -0.25) is 4.79 Å². The molecule has 0 unspecified atom stereocenters. The van der Waals surface area contributed by atoms with Crippen LogP contribution in [0.1, 0.15) is 29.4 Å². The van der Waals surface area contributed by atoms with Crippen molar-refractivity contribution in [3.05, 3.63) is 41.9 Å². The van der Waals surface area contributed by atoms with Crippen LogP contribution in [0.15, 0.2) is 30.6 Å². The number of rotatable bonds is 6. The Morgan fingerprint density at radius 1 is 1.38 bits per heavy atom. The highest BCUT2D eigenvalue weighted by Gasteiger charge is 2.25. The highest BCUT2D eigenvalue weighted by atomic mass is 16.5. The Balaban J connectivity index is 1.56. The second-order valence-electron chi connectivity index (χ2n) is 7.07. The van der Waals surface area contributed by atoms with Crippen LogP contribution in [0.3, 0.4) is 0 Å². The van der Waals surface area contributed by atoms with Crippen LogP contribution >= 0.6 is 0 Å². The molecule has 2 N–H and O–H groups in total. The molecule has 3 aromatic rings. The highest BCUT2D eigenvalue weighted by molar-refractivity contribution is 6.05. The summed E-state index contributed by atoms with van der Waals surface area (Å²) in [6.45, 7) is 5.91. The molecule has 1 aliphatic rings. The lowest BCUT2D eigenvalue weighted by Gasteiger charge is -2.18. The summed E-state index contributed by atoms with van der Waals surface area (Å²) in [4.78, 5) is 23.9. The third-order valence-electron chi connectivity index (χ3n) is 4.99. The van der Waals surface area contributed by atoms with Gasteiger partial charge in [0.25, 0.3) is 5.91 Å². The van der Waals surface area contributed by atoms with E-state index in [9.17, 15) is 4.79 Å². The van der Waals surface area contributed by atoms with E-state index < -0.39 is 0 Å². The Labute approximate surface area is 169 Å². The van der Waals surface area contributed by atoms with Gasteiger partial charge < -0.3 is 20.3 Å². The van der Waals surface area contributed by atoms with Crippen molar-refractivity contribution in [2.45, 2.75) is 26.3 Å². The molecule has 1 atom stereocenters. The molecule has 0 aliphatic carbocycles. The van der Waals surface area contributed by atoms with E-state index in [1.807, 2.05) is 39.2 Å². The second kappa shape index (κ2) is 8.04. The molecule has 9 nitrogen and oxygen atoms in total. The van der Waals surface area contributed by atoms with Crippen LogP contribution in [-0.2, 0) is 0 Å². The fourth-order valence-corrected chi connectivity index (χ4v) is 3.49. The van der Waals surface area contributed by atoms with Crippen LogP contribution in [0.4, 0.5) is 11.6 Å². The molecule has 0 bridgehead atoms. The van der Waals surface area contributed by atoms with Gasteiger partial charge >= 0.3 is 0 Å². The fourth-order valence-electron chi connectivity index (χ4n) is 3.49. The van der Waals surface area contributed by atoms with E-state index in [-0.39, 0.29) is 5.91 Å². The SMILES string of the molecule is CCOc1nc(N2CC[C@@H](NC)C2)ncc1C(=O)Nc1ccn2nc(C)cc2c1. The van der Waals surface area contributed by atoms with Crippen molar-refractivity contribution in [1.82, 2.24) is 24.9 Å². The molecule has 1 saturated heterocycles. The summed E-state index contributed by atoms with van der Waals surface area (Å²) in [5, 5.41) is 10.5. The molecular formula is C20H25N7O2. The lowest BCUT2D eigenvalue weighted by atomic mass is 10.2. The Morgan fingerprint density at radius 3 is 3.00 bits per heavy atom. The Morgan fingerprint density at radius 2 is 2.24 bits per heavy atom. The summed E-state index contributed by atoms with van der Waals surface area (Å²) in [5.74, 6) is 0.568. The average Bonchev–Trinajstić information content (AvgIpc) is 3.33. The van der Waals surface area contributed by atoms with Gasteiger partial charge in [-0.1, -0.05) is 0 Å². The molecule has 1 amide bonds. The molecule has 9 heteroatoms. The molecule has 0 radical (unpaired) electrons. The Bertz CT molecular complexity index is 1030. The van der Waals surface area contributed by atoms with Gasteiger partial charge in [0.15, 0.2) is 0 Å². The number of nitrogens with one attached hydrogen (secondary N) is 2. The molecule has 4 rings (SSSR count). The zero-order valence-electron chi connectivity index (χ0n) is 16.8. The summed E-state index contributed by atoms with van der Waals surface area (Å²) < 4.78 is 7.42. The summed E-state index contributed by atoms with van der Waals surface area (Å²) in [6.07, 6.45) is 4.38. The number of nitrogens with zero attached hydrogens (tertiary/aromatic N) is 5. The smallest absolute Gasteiger partial charge is 0.262 e. The number of hydrogen-bond acceptors (Lipinski definition) is 7. The van der Waals surface area contributed by atoms with Crippen molar-refractivity contribution in [1.29, 1.82) is 0 Å². The zero-order chi connectivity index (χ0) is 20.4. The van der Waals surface area contributed by atoms with Crippen LogP contribution in [-0.4, -0.2) is 58.3 Å². The van der Waals surface area contributed by atoms with Crippen molar-refractivity contribution >= 4 is 23.1 Å². The first-order valence-electron chi connectivity index (χ1n) is 9.77. The number of likely N-dealkylation sites (N-methyl/N-ethyl adjacent to an activating group) is 1. The number of anilines is 2. The van der Waals surface area contributed by atoms with E-state index in [1.54, 1.807) is 10.6 Å². The summed E-state index contributed by atoms with van der Waals surface area (Å²) in [6, 6.07) is 6.04. The minimum absolute atomic E-state index is 0.296. The van der Waals surface area contributed by atoms with E-state index in [4.69, 9.17) is 4.74 Å². The molecule has 3 aromatic heterocycles. The topological polar surface area (TPSA) is 96.7 Å². The van der Waals surface area contributed by atoms with E-state index in [0.717, 1.165) is 30.7 Å². The van der Waals surface area contributed by atoms with Gasteiger partial charge in [0.1, 0.15) is 5.56 Å². The Hall–Kier alpha value is -3.20. The van der Waals surface area contributed by atoms with Crippen LogP contribution in [0, 0.1) is 6.92 Å². The maximum atomic E-state index is 12.9. The molecule has 29 heavy (non-hydrogen) atoms. The molecule has 0 spiro atoms. The molecular weight excluding hydrogens is 370 g/mol. The maximum Gasteiger partial charge on any atom is 0.262 e. The summed E-state index contributed by atoms with van der Waals surface area (Å²) in [7, 11) is 1.96. The first kappa shape index (κ1) is 19.1. The minimum atomic E-state index is -0.310. The maximum absolute atomic E-state index is 12.9. The molecule has 1 aliphatic heterocycles. The predicted molar refractivity (Wildman–Crippen MR) is 111 cm³/mol. The number of fused-ring (bicyclic) bond motifs is 1. The van der Waals surface area contributed by atoms with Crippen molar-refractivity contribution in [3.8, 4) is 5.88 Å². The summed E-state index contributed by atoms with van der Waals surface area (Å²) >= 11 is 0. The van der Waals surface area contributed by atoms with Gasteiger partial charge in [-0.2, -0.15) is 10.1 Å². The van der Waals surface area contributed by atoms with Crippen LogP contribution in [0.2, 0.25) is 0 Å². The molecule has 0 saturated carbocycles. The Kier molecular flexibility index (Phi) is 5.30. The van der Waals surface area contributed by atoms with E-state index in [0.29, 0.717) is 35.7 Å². The van der Waals surface area contributed by atoms with Crippen molar-refractivity contribution in [3.63, 3.8) is 0 Å². The number of pyridine rings is 1. The first-order chi connectivity index (χ1) is 14.1. The zero-order valence-corrected chi connectivity index (χ0v) is 16.8. The highest BCUT2D eigenvalue weighted by Crippen LogP contribution is 2.23. The molecule has 0 aromatic carbocycles. The summed E-state index contributed by atoms with van der Waals surface area (Å²) in [5.41, 5.74) is 2.80. The number of ether oxygens (including phenoxy) is 1. The number of carbonyl (C=O) groups excluding carboxylic acids is 1. The standard InChI is InChI=1S/C20H25N7O2/c1-4-29-19-17(11-22-20(24-19)26-7-5-15(12-26)21-3)18(28)23-14-6-8-27-16(10-14)9-13(2)25-27/h6,8-11,15,21H,4-5,7,12H2,1-3H3,(H,23,28)/t15-/m1/s1. The predicted octanol–water partition coefficient (Wildman–Crippen LogP) is 1.88. The monoisotopic (exact) mass is 395 g/mol. The lowest BCUT2D eigenvalue weighted by molar-refractivity contribution is 0.102. The average molecular weight is 395 g/mol. The number of amides is 1. The van der Waals surface area contributed by atoms with Gasteiger partial charge in [0.05, 0.1) is 17.8 Å². The minimum Gasteiger partial charge on any atom is -0.477 e. The third kappa shape index (κ3) is 4.00. The third-order valence-corrected chi connectivity index (χ3v) is 4.99. The van der Waals surface area contributed by atoms with Gasteiger partial charge in [-0.15, -0.1) is 0 Å². The largest absolute Gasteiger partial charge is 0.477 e. The fraction of sp³-hybridized carbons (Fsp3) is 0.400. The van der Waals surface area contributed by atoms with E-state index in [2.05, 4.69) is 30.6 Å². The number of aromatic nitrogens is 4. The number of carbonyl (C=O) groups is 1. The van der Waals surface area contributed by atoms with Crippen molar-refractivity contribution < 1.29 is 9.53 Å². The van der Waals surface area contributed by atoms with Crippen LogP contribution in [0.5, 0.6) is 5.88 Å². The quantitative estimate of drug-likeness (QED) is 0.658. The first-order valence-corrected chi connectivity index (χ1v) is 9.77. The number of aryl methyl sites for hydroxylation is 1. The molecule has 152 valence electrons. The van der Waals surface area contributed by atoms with E-state index >= 15 is 0 Å². The normalized spacial score (nSPS) is 16.4. The van der Waals surface area contributed by atoms with Crippen LogP contribution < -0.4 is 20.3 Å². The van der Waals surface area contributed by atoms with E-state index in [1.165, 1.54) is 6.20 Å². The van der Waals surface area contributed by atoms with Crippen LogP contribution in [0.25, 0.3) is 5.52 Å². The lowest BCUT2D eigenvalue weighted by Crippen LogP contribution is -2.30. The number of hydrogen-bond donors (Lipinski definition) is 2. The molecule has 1 fully saturated rings. The second-order valence-corrected chi connectivity index (χ2v) is 7.07. The van der Waals surface area contributed by atoms with Gasteiger partial charge in [-0.25, -0.2) is 9.50 Å². The van der Waals surface area contributed by atoms with Crippen molar-refractivity contribution in [2.24, 2.45) is 0 Å². The van der Waals surface area contributed by atoms with Gasteiger partial charge in [0, 0.05) is 37.2 Å². The van der Waals surface area contributed by atoms with Gasteiger partial charge in [-0.05, 0) is 45.5 Å². The van der Waals surface area contributed by atoms with Crippen molar-refractivity contribution in [2.75, 3.05) is 37.0 Å². The van der Waals surface area contributed by atoms with Gasteiger partial charge in [0.2, 0.25) is 11.8 Å².